The molecule has 1 aromatic heterocycles. The molecule has 1 aromatic carbocycles. The van der Waals surface area contributed by atoms with Gasteiger partial charge in [-0.1, -0.05) is 6.07 Å². The van der Waals surface area contributed by atoms with Crippen molar-refractivity contribution < 1.29 is 30.7 Å². The quantitative estimate of drug-likeness (QED) is 0.717. The van der Waals surface area contributed by atoms with E-state index in [1.165, 1.54) is 19.2 Å². The number of ether oxygens (including phenoxy) is 1. The van der Waals surface area contributed by atoms with Crippen LogP contribution in [-0.2, 0) is 20.8 Å². The number of hydrogen-bond donors (Lipinski definition) is 0. The van der Waals surface area contributed by atoms with Gasteiger partial charge in [0, 0.05) is 12.7 Å². The van der Waals surface area contributed by atoms with E-state index in [-0.39, 0.29) is 30.2 Å². The van der Waals surface area contributed by atoms with E-state index in [1.807, 2.05) is 0 Å². The van der Waals surface area contributed by atoms with Crippen LogP contribution in [0.3, 0.4) is 0 Å². The first-order chi connectivity index (χ1) is 12.6. The van der Waals surface area contributed by atoms with Gasteiger partial charge in [0.15, 0.2) is 9.84 Å². The maximum absolute atomic E-state index is 13.6. The summed E-state index contributed by atoms with van der Waals surface area (Å²) in [6, 6.07) is 5.27. The topological polar surface area (TPSA) is 56.3 Å². The molecule has 146 valence electrons. The first-order valence-corrected chi connectivity index (χ1v) is 9.77. The third kappa shape index (κ3) is 3.98. The fourth-order valence-corrected chi connectivity index (χ4v) is 5.29. The maximum atomic E-state index is 13.6. The molecule has 0 bridgehead atoms. The fourth-order valence-electron chi connectivity index (χ4n) is 3.28. The summed E-state index contributed by atoms with van der Waals surface area (Å²) >= 11 is 0. The molecule has 1 heterocycles. The van der Waals surface area contributed by atoms with Crippen LogP contribution < -0.4 is 0 Å². The highest BCUT2D eigenvalue weighted by Gasteiger charge is 2.42. The molecule has 0 saturated heterocycles. The number of methoxy groups -OCH3 is 1. The smallest absolute Gasteiger partial charge is 0.381 e. The zero-order valence-corrected chi connectivity index (χ0v) is 15.1. The van der Waals surface area contributed by atoms with Crippen LogP contribution in [0.4, 0.5) is 17.6 Å². The maximum Gasteiger partial charge on any atom is 0.417 e. The number of nitrogens with zero attached hydrogens (tertiary/aromatic N) is 1. The second-order valence-electron chi connectivity index (χ2n) is 6.41. The molecule has 0 unspecified atom stereocenters. The summed E-state index contributed by atoms with van der Waals surface area (Å²) in [4.78, 5) is 3.01. The summed E-state index contributed by atoms with van der Waals surface area (Å²) in [6.45, 7) is 0. The van der Waals surface area contributed by atoms with E-state index in [0.29, 0.717) is 6.42 Å². The molecule has 4 nitrogen and oxygen atoms in total. The van der Waals surface area contributed by atoms with Crippen molar-refractivity contribution in [3.63, 3.8) is 0 Å². The lowest BCUT2D eigenvalue weighted by atomic mass is 10.1. The van der Waals surface area contributed by atoms with Gasteiger partial charge in [0.2, 0.25) is 0 Å². The van der Waals surface area contributed by atoms with E-state index in [2.05, 4.69) is 4.98 Å². The van der Waals surface area contributed by atoms with Gasteiger partial charge >= 0.3 is 6.18 Å². The number of sulfone groups is 1. The fraction of sp³-hybridized carbons (Fsp3) is 0.389. The summed E-state index contributed by atoms with van der Waals surface area (Å²) in [5, 5.41) is -0.918. The lowest BCUT2D eigenvalue weighted by molar-refractivity contribution is -0.139. The first-order valence-electron chi connectivity index (χ1n) is 8.23. The Morgan fingerprint density at radius 2 is 1.89 bits per heavy atom. The molecule has 2 atom stereocenters. The molecule has 3 rings (SSSR count). The highest BCUT2D eigenvalue weighted by atomic mass is 32.2. The molecule has 0 radical (unpaired) electrons. The normalized spacial score (nSPS) is 20.8. The van der Waals surface area contributed by atoms with Crippen LogP contribution in [0.1, 0.15) is 24.8 Å². The first kappa shape index (κ1) is 19.8. The van der Waals surface area contributed by atoms with Crippen LogP contribution in [-0.4, -0.2) is 31.9 Å². The zero-order chi connectivity index (χ0) is 19.8. The monoisotopic (exact) mass is 403 g/mol. The highest BCUT2D eigenvalue weighted by molar-refractivity contribution is 7.92. The minimum absolute atomic E-state index is 0.0578. The number of hydrogen-bond acceptors (Lipinski definition) is 4. The summed E-state index contributed by atoms with van der Waals surface area (Å²) in [5.41, 5.74) is -1.07. The van der Waals surface area contributed by atoms with Gasteiger partial charge in [-0.25, -0.2) is 12.8 Å². The average Bonchev–Trinajstić information content (AvgIpc) is 3.11. The van der Waals surface area contributed by atoms with Crippen molar-refractivity contribution in [3.05, 3.63) is 47.9 Å². The van der Waals surface area contributed by atoms with Crippen molar-refractivity contribution in [3.8, 4) is 11.3 Å². The Morgan fingerprint density at radius 1 is 1.15 bits per heavy atom. The molecule has 2 aromatic rings. The zero-order valence-electron chi connectivity index (χ0n) is 14.3. The molecule has 1 aliphatic rings. The van der Waals surface area contributed by atoms with Gasteiger partial charge in [-0.05, 0) is 43.5 Å². The predicted molar refractivity (Wildman–Crippen MR) is 90.3 cm³/mol. The van der Waals surface area contributed by atoms with Crippen LogP contribution in [0.25, 0.3) is 11.3 Å². The second kappa shape index (κ2) is 7.20. The van der Waals surface area contributed by atoms with Crippen molar-refractivity contribution in [2.45, 2.75) is 41.7 Å². The predicted octanol–water partition coefficient (Wildman–Crippen LogP) is 4.25. The Bertz CT molecular complexity index is 927. The van der Waals surface area contributed by atoms with Gasteiger partial charge in [-0.3, -0.25) is 4.98 Å². The van der Waals surface area contributed by atoms with E-state index >= 15 is 0 Å². The molecule has 0 N–H and O–H groups in total. The minimum Gasteiger partial charge on any atom is -0.381 e. The summed E-state index contributed by atoms with van der Waals surface area (Å²) in [7, 11) is -2.73. The number of rotatable bonds is 4. The van der Waals surface area contributed by atoms with E-state index in [1.54, 1.807) is 0 Å². The standard InChI is InChI=1S/C18H17F4NO3S/c1-26-13-4-5-14(9-13)27(24,25)17-7-2-11(8-15(17)18(20,21)22)16-6-3-12(19)10-23-16/h2-3,6-8,10,13-14H,4-5,9H2,1H3/t13-,14-/m1/s1. The molecule has 0 aliphatic heterocycles. The third-order valence-electron chi connectivity index (χ3n) is 4.72. The Hall–Kier alpha value is -2.00. The molecule has 0 spiro atoms. The van der Waals surface area contributed by atoms with Crippen molar-refractivity contribution >= 4 is 9.84 Å². The van der Waals surface area contributed by atoms with Gasteiger partial charge in [-0.15, -0.1) is 0 Å². The van der Waals surface area contributed by atoms with Gasteiger partial charge < -0.3 is 4.74 Å². The van der Waals surface area contributed by atoms with Crippen molar-refractivity contribution in [1.29, 1.82) is 0 Å². The van der Waals surface area contributed by atoms with Crippen molar-refractivity contribution in [2.75, 3.05) is 7.11 Å². The van der Waals surface area contributed by atoms with Crippen LogP contribution in [0.5, 0.6) is 0 Å². The highest BCUT2D eigenvalue weighted by Crippen LogP contribution is 2.40. The lowest BCUT2D eigenvalue weighted by Gasteiger charge is -2.18. The molecule has 1 aliphatic carbocycles. The Kier molecular flexibility index (Phi) is 5.27. The van der Waals surface area contributed by atoms with Gasteiger partial charge in [0.05, 0.1) is 33.7 Å². The van der Waals surface area contributed by atoms with Crippen LogP contribution in [0, 0.1) is 5.82 Å². The Morgan fingerprint density at radius 3 is 2.44 bits per heavy atom. The molecule has 27 heavy (non-hydrogen) atoms. The van der Waals surface area contributed by atoms with E-state index in [0.717, 1.165) is 24.4 Å². The molecule has 0 amide bonds. The Labute approximate surface area is 154 Å². The molecular weight excluding hydrogens is 386 g/mol. The van der Waals surface area contributed by atoms with Gasteiger partial charge in [0.25, 0.3) is 0 Å². The largest absolute Gasteiger partial charge is 0.417 e. The Balaban J connectivity index is 2.06. The summed E-state index contributed by atoms with van der Waals surface area (Å²) < 4.78 is 84.6. The van der Waals surface area contributed by atoms with Crippen LogP contribution >= 0.6 is 0 Å². The summed E-state index contributed by atoms with van der Waals surface area (Å²) in [5.74, 6) is -0.622. The van der Waals surface area contributed by atoms with Crippen molar-refractivity contribution in [2.24, 2.45) is 0 Å². The minimum atomic E-state index is -4.86. The van der Waals surface area contributed by atoms with E-state index in [4.69, 9.17) is 4.74 Å². The molecular formula is C18H17F4NO3S. The SMILES string of the molecule is CO[C@@H]1CC[C@@H](S(=O)(=O)c2ccc(-c3ccc(F)cn3)cc2C(F)(F)F)C1. The van der Waals surface area contributed by atoms with E-state index in [9.17, 15) is 26.0 Å². The van der Waals surface area contributed by atoms with Crippen molar-refractivity contribution in [1.82, 2.24) is 4.98 Å². The third-order valence-corrected chi connectivity index (χ3v) is 7.00. The number of benzene rings is 1. The number of aromatic nitrogens is 1. The molecule has 1 saturated carbocycles. The van der Waals surface area contributed by atoms with Gasteiger partial charge in [-0.2, -0.15) is 13.2 Å². The summed E-state index contributed by atoms with van der Waals surface area (Å²) in [6.07, 6.45) is -3.35. The number of halogens is 4. The van der Waals surface area contributed by atoms with E-state index < -0.39 is 37.5 Å². The average molecular weight is 403 g/mol. The van der Waals surface area contributed by atoms with Crippen LogP contribution in [0.15, 0.2) is 41.4 Å². The molecule has 9 heteroatoms. The number of pyridine rings is 1. The second-order valence-corrected chi connectivity index (χ2v) is 8.60. The van der Waals surface area contributed by atoms with Gasteiger partial charge in [0.1, 0.15) is 5.82 Å². The van der Waals surface area contributed by atoms with Crippen LogP contribution in [0.2, 0.25) is 0 Å². The number of alkyl halides is 3. The lowest BCUT2D eigenvalue weighted by Crippen LogP contribution is -2.23. The molecule has 1 fully saturated rings.